The molecule has 0 spiro atoms. The Kier molecular flexibility index (Phi) is 7.37. The second-order valence-corrected chi connectivity index (χ2v) is 8.19. The predicted octanol–water partition coefficient (Wildman–Crippen LogP) is 6.77. The summed E-state index contributed by atoms with van der Waals surface area (Å²) in [4.78, 5) is 8.70. The van der Waals surface area contributed by atoms with Crippen molar-refractivity contribution < 1.29 is 4.39 Å². The first-order valence-electron chi connectivity index (χ1n) is 10.8. The summed E-state index contributed by atoms with van der Waals surface area (Å²) in [5.74, 6) is 2.04. The zero-order chi connectivity index (χ0) is 19.1. The number of nitrogens with zero attached hydrogens (tertiary/aromatic N) is 2. The Bertz CT molecular complexity index is 703. The van der Waals surface area contributed by atoms with E-state index < -0.39 is 0 Å². The fourth-order valence-electron chi connectivity index (χ4n) is 4.39. The molecular formula is C24H33FN2. The van der Waals surface area contributed by atoms with E-state index >= 15 is 0 Å². The zero-order valence-corrected chi connectivity index (χ0v) is 16.9. The number of halogens is 1. The Labute approximate surface area is 163 Å². The lowest BCUT2D eigenvalue weighted by Gasteiger charge is -2.28. The predicted molar refractivity (Wildman–Crippen MR) is 110 cm³/mol. The summed E-state index contributed by atoms with van der Waals surface area (Å²) < 4.78 is 14.6. The van der Waals surface area contributed by atoms with Crippen LogP contribution in [0.3, 0.4) is 0 Å². The molecule has 0 bridgehead atoms. The van der Waals surface area contributed by atoms with Crippen molar-refractivity contribution in [2.45, 2.75) is 78.1 Å². The number of hydrogen-bond acceptors (Lipinski definition) is 2. The summed E-state index contributed by atoms with van der Waals surface area (Å²) in [5.41, 5.74) is 2.70. The van der Waals surface area contributed by atoms with Crippen LogP contribution in [0, 0.1) is 17.7 Å². The molecule has 1 saturated carbocycles. The van der Waals surface area contributed by atoms with Crippen LogP contribution < -0.4 is 0 Å². The Morgan fingerprint density at radius 2 is 1.52 bits per heavy atom. The molecule has 0 N–H and O–H groups in total. The molecule has 3 rings (SSSR count). The summed E-state index contributed by atoms with van der Waals surface area (Å²) in [5, 5.41) is 0. The van der Waals surface area contributed by atoms with Crippen LogP contribution in [-0.2, 0) is 12.8 Å². The van der Waals surface area contributed by atoms with Gasteiger partial charge in [0.15, 0.2) is 5.82 Å². The highest BCUT2D eigenvalue weighted by Crippen LogP contribution is 2.34. The third-order valence-electron chi connectivity index (χ3n) is 6.02. The second kappa shape index (κ2) is 9.96. The van der Waals surface area contributed by atoms with Gasteiger partial charge in [0.1, 0.15) is 5.82 Å². The molecule has 0 atom stereocenters. The van der Waals surface area contributed by atoms with E-state index in [0.29, 0.717) is 11.4 Å². The van der Waals surface area contributed by atoms with Crippen LogP contribution in [0.4, 0.5) is 4.39 Å². The van der Waals surface area contributed by atoms with E-state index in [2.05, 4.69) is 23.8 Å². The van der Waals surface area contributed by atoms with E-state index in [-0.39, 0.29) is 5.82 Å². The quantitative estimate of drug-likeness (QED) is 0.513. The zero-order valence-electron chi connectivity index (χ0n) is 16.9. The van der Waals surface area contributed by atoms with Crippen molar-refractivity contribution >= 4 is 0 Å². The first-order chi connectivity index (χ1) is 13.2. The lowest BCUT2D eigenvalue weighted by Crippen LogP contribution is -2.15. The van der Waals surface area contributed by atoms with Gasteiger partial charge in [0, 0.05) is 12.4 Å². The lowest BCUT2D eigenvalue weighted by molar-refractivity contribution is 0.252. The summed E-state index contributed by atoms with van der Waals surface area (Å²) in [6.07, 6.45) is 16.0. The van der Waals surface area contributed by atoms with E-state index in [9.17, 15) is 4.39 Å². The monoisotopic (exact) mass is 368 g/mol. The van der Waals surface area contributed by atoms with E-state index in [1.807, 2.05) is 24.5 Å². The minimum absolute atomic E-state index is 0.206. The normalized spacial score (nSPS) is 20.0. The van der Waals surface area contributed by atoms with Gasteiger partial charge in [-0.25, -0.2) is 14.4 Å². The number of aromatic nitrogens is 2. The molecule has 1 heterocycles. The molecule has 1 aromatic carbocycles. The molecule has 146 valence electrons. The molecule has 0 aliphatic heterocycles. The maximum absolute atomic E-state index is 14.6. The molecule has 2 nitrogen and oxygen atoms in total. The van der Waals surface area contributed by atoms with Crippen molar-refractivity contribution in [1.29, 1.82) is 0 Å². The molecule has 1 aromatic heterocycles. The van der Waals surface area contributed by atoms with Gasteiger partial charge in [0.05, 0.1) is 5.56 Å². The van der Waals surface area contributed by atoms with E-state index in [1.54, 1.807) is 6.07 Å². The Balaban J connectivity index is 1.55. The van der Waals surface area contributed by atoms with Crippen molar-refractivity contribution in [3.05, 3.63) is 47.5 Å². The molecule has 1 aliphatic rings. The smallest absolute Gasteiger partial charge is 0.162 e. The maximum atomic E-state index is 14.6. The standard InChI is InChI=1S/C24H33FN2/c1-3-5-18-7-9-19(10-8-18)11-12-20-13-14-22(23(25)15-20)24-26-16-21(6-4-2)17-27-24/h13-19H,3-12H2,1-2H3. The number of benzene rings is 1. The van der Waals surface area contributed by atoms with Gasteiger partial charge in [-0.15, -0.1) is 0 Å². The maximum Gasteiger partial charge on any atom is 0.162 e. The van der Waals surface area contributed by atoms with Crippen LogP contribution in [0.25, 0.3) is 11.4 Å². The van der Waals surface area contributed by atoms with Gasteiger partial charge in [-0.05, 0) is 54.4 Å². The first kappa shape index (κ1) is 20.0. The number of rotatable bonds is 8. The SMILES string of the molecule is CCCc1cnc(-c2ccc(CCC3CCC(CCC)CC3)cc2F)nc1. The van der Waals surface area contributed by atoms with Gasteiger partial charge in [0.25, 0.3) is 0 Å². The van der Waals surface area contributed by atoms with Crippen molar-refractivity contribution in [3.8, 4) is 11.4 Å². The van der Waals surface area contributed by atoms with Crippen LogP contribution in [0.15, 0.2) is 30.6 Å². The molecule has 1 aliphatic carbocycles. The van der Waals surface area contributed by atoms with Crippen molar-refractivity contribution in [2.75, 3.05) is 0 Å². The van der Waals surface area contributed by atoms with Crippen molar-refractivity contribution in [1.82, 2.24) is 9.97 Å². The molecule has 3 heteroatoms. The van der Waals surface area contributed by atoms with E-state index in [0.717, 1.165) is 42.2 Å². The third kappa shape index (κ3) is 5.60. The van der Waals surface area contributed by atoms with Gasteiger partial charge in [-0.2, -0.15) is 0 Å². The topological polar surface area (TPSA) is 25.8 Å². The van der Waals surface area contributed by atoms with E-state index in [1.165, 1.54) is 44.9 Å². The van der Waals surface area contributed by atoms with Crippen LogP contribution in [0.5, 0.6) is 0 Å². The Morgan fingerprint density at radius 3 is 2.11 bits per heavy atom. The molecular weight excluding hydrogens is 335 g/mol. The van der Waals surface area contributed by atoms with Crippen LogP contribution in [0.1, 0.15) is 76.3 Å². The van der Waals surface area contributed by atoms with Gasteiger partial charge in [-0.1, -0.05) is 64.9 Å². The minimum Gasteiger partial charge on any atom is -0.236 e. The van der Waals surface area contributed by atoms with Crippen LogP contribution >= 0.6 is 0 Å². The molecule has 1 fully saturated rings. The molecule has 0 saturated heterocycles. The average molecular weight is 369 g/mol. The first-order valence-corrected chi connectivity index (χ1v) is 10.8. The summed E-state index contributed by atoms with van der Waals surface area (Å²) in [6, 6.07) is 5.57. The second-order valence-electron chi connectivity index (χ2n) is 8.19. The Morgan fingerprint density at radius 1 is 0.852 bits per heavy atom. The van der Waals surface area contributed by atoms with Gasteiger partial charge >= 0.3 is 0 Å². The van der Waals surface area contributed by atoms with Crippen molar-refractivity contribution in [2.24, 2.45) is 11.8 Å². The van der Waals surface area contributed by atoms with Gasteiger partial charge in [0.2, 0.25) is 0 Å². The van der Waals surface area contributed by atoms with Gasteiger partial charge < -0.3 is 0 Å². The number of hydrogen-bond donors (Lipinski definition) is 0. The summed E-state index contributed by atoms with van der Waals surface area (Å²) in [7, 11) is 0. The largest absolute Gasteiger partial charge is 0.236 e. The lowest BCUT2D eigenvalue weighted by atomic mass is 9.78. The fourth-order valence-corrected chi connectivity index (χ4v) is 4.39. The minimum atomic E-state index is -0.206. The molecule has 0 radical (unpaired) electrons. The van der Waals surface area contributed by atoms with Crippen LogP contribution in [-0.4, -0.2) is 9.97 Å². The van der Waals surface area contributed by atoms with Crippen molar-refractivity contribution in [3.63, 3.8) is 0 Å². The summed E-state index contributed by atoms with van der Waals surface area (Å²) >= 11 is 0. The highest BCUT2D eigenvalue weighted by Gasteiger charge is 2.20. The number of aryl methyl sites for hydroxylation is 2. The fraction of sp³-hybridized carbons (Fsp3) is 0.583. The van der Waals surface area contributed by atoms with Gasteiger partial charge in [-0.3, -0.25) is 0 Å². The Hall–Kier alpha value is -1.77. The average Bonchev–Trinajstić information content (AvgIpc) is 2.69. The molecule has 27 heavy (non-hydrogen) atoms. The van der Waals surface area contributed by atoms with Crippen LogP contribution in [0.2, 0.25) is 0 Å². The molecule has 0 unspecified atom stereocenters. The third-order valence-corrected chi connectivity index (χ3v) is 6.02. The molecule has 2 aromatic rings. The highest BCUT2D eigenvalue weighted by atomic mass is 19.1. The highest BCUT2D eigenvalue weighted by molar-refractivity contribution is 5.56. The summed E-state index contributed by atoms with van der Waals surface area (Å²) in [6.45, 7) is 4.41. The molecule has 0 amide bonds. The van der Waals surface area contributed by atoms with E-state index in [4.69, 9.17) is 0 Å².